The van der Waals surface area contributed by atoms with Crippen LogP contribution in [0.1, 0.15) is 52.5 Å². The Balaban J connectivity index is 1.86. The number of hydrogen-bond acceptors (Lipinski definition) is 5. The molecule has 2 aromatic heterocycles. The number of thiophene rings is 1. The lowest BCUT2D eigenvalue weighted by Gasteiger charge is -2.32. The van der Waals surface area contributed by atoms with Crippen LogP contribution in [0.25, 0.3) is 0 Å². The average Bonchev–Trinajstić information content (AvgIpc) is 3.23. The number of rotatable bonds is 4. The predicted octanol–water partition coefficient (Wildman–Crippen LogP) is 3.23. The van der Waals surface area contributed by atoms with Crippen molar-refractivity contribution in [2.45, 2.75) is 58.3 Å². The first-order valence-corrected chi connectivity index (χ1v) is 9.91. The molecular formula is C18H26N6O2S. The topological polar surface area (TPSA) is 100 Å². The lowest BCUT2D eigenvalue weighted by molar-refractivity contribution is -0.125. The van der Waals surface area contributed by atoms with E-state index in [2.05, 4.69) is 47.1 Å². The molecule has 8 nitrogen and oxygen atoms in total. The van der Waals surface area contributed by atoms with Crippen molar-refractivity contribution in [1.29, 1.82) is 0 Å². The minimum Gasteiger partial charge on any atom is -0.322 e. The predicted molar refractivity (Wildman–Crippen MR) is 107 cm³/mol. The van der Waals surface area contributed by atoms with Crippen LogP contribution in [0.3, 0.4) is 0 Å². The molecule has 0 aliphatic carbocycles. The van der Waals surface area contributed by atoms with E-state index in [1.807, 2.05) is 30.5 Å². The molecule has 0 aromatic carbocycles. The molecule has 0 radical (unpaired) electrons. The Morgan fingerprint density at radius 1 is 1.41 bits per heavy atom. The molecule has 9 heteroatoms. The molecule has 146 valence electrons. The minimum atomic E-state index is -0.510. The molecule has 27 heavy (non-hydrogen) atoms. The number of amides is 3. The fourth-order valence-corrected chi connectivity index (χ4v) is 3.43. The molecule has 3 amide bonds. The van der Waals surface area contributed by atoms with Gasteiger partial charge < -0.3 is 5.32 Å². The van der Waals surface area contributed by atoms with Gasteiger partial charge in [-0.25, -0.2) is 9.48 Å². The monoisotopic (exact) mass is 390 g/mol. The van der Waals surface area contributed by atoms with Crippen LogP contribution in [-0.2, 0) is 10.2 Å². The first-order chi connectivity index (χ1) is 12.8. The maximum Gasteiger partial charge on any atom is 0.325 e. The third-order valence-electron chi connectivity index (χ3n) is 4.36. The van der Waals surface area contributed by atoms with E-state index in [1.165, 1.54) is 11.3 Å². The molecule has 1 aliphatic rings. The highest BCUT2D eigenvalue weighted by molar-refractivity contribution is 7.14. The van der Waals surface area contributed by atoms with Crippen molar-refractivity contribution in [2.24, 2.45) is 0 Å². The van der Waals surface area contributed by atoms with Gasteiger partial charge in [-0.3, -0.25) is 20.7 Å². The molecular weight excluding hydrogens is 364 g/mol. The summed E-state index contributed by atoms with van der Waals surface area (Å²) in [6.45, 7) is 8.19. The number of aromatic nitrogens is 2. The molecule has 0 saturated carbocycles. The van der Waals surface area contributed by atoms with Crippen LogP contribution in [0.5, 0.6) is 0 Å². The van der Waals surface area contributed by atoms with E-state index in [4.69, 9.17) is 0 Å². The van der Waals surface area contributed by atoms with Gasteiger partial charge in [-0.15, -0.1) is 11.3 Å². The van der Waals surface area contributed by atoms with E-state index >= 15 is 0 Å². The molecule has 1 aliphatic heterocycles. The Kier molecular flexibility index (Phi) is 5.52. The summed E-state index contributed by atoms with van der Waals surface area (Å²) in [5.41, 5.74) is 0.623. The third-order valence-corrected chi connectivity index (χ3v) is 5.15. The van der Waals surface area contributed by atoms with Crippen molar-refractivity contribution < 1.29 is 9.59 Å². The SMILES string of the molecule is CCC1CC(=O)NC(n2nc(C(C)(C)C)cc2NC(=O)Nc2cccs2)N1. The Bertz CT molecular complexity index is 808. The number of nitrogens with one attached hydrogen (secondary N) is 4. The summed E-state index contributed by atoms with van der Waals surface area (Å²) in [5, 5.41) is 19.2. The van der Waals surface area contributed by atoms with Crippen LogP contribution in [0.15, 0.2) is 23.6 Å². The highest BCUT2D eigenvalue weighted by atomic mass is 32.1. The van der Waals surface area contributed by atoms with E-state index in [0.717, 1.165) is 17.1 Å². The summed E-state index contributed by atoms with van der Waals surface area (Å²) in [6.07, 6.45) is 0.755. The molecule has 3 heterocycles. The van der Waals surface area contributed by atoms with Gasteiger partial charge in [-0.2, -0.15) is 5.10 Å². The number of nitrogens with zero attached hydrogens (tertiary/aromatic N) is 2. The fourth-order valence-electron chi connectivity index (χ4n) is 2.81. The zero-order chi connectivity index (χ0) is 19.6. The summed E-state index contributed by atoms with van der Waals surface area (Å²) in [6, 6.07) is 5.26. The van der Waals surface area contributed by atoms with Crippen molar-refractivity contribution in [3.8, 4) is 0 Å². The number of urea groups is 1. The van der Waals surface area contributed by atoms with Crippen LogP contribution >= 0.6 is 11.3 Å². The highest BCUT2D eigenvalue weighted by Gasteiger charge is 2.30. The molecule has 2 unspecified atom stereocenters. The molecule has 0 bridgehead atoms. The first kappa shape index (κ1) is 19.4. The van der Waals surface area contributed by atoms with Gasteiger partial charge in [0.2, 0.25) is 5.91 Å². The van der Waals surface area contributed by atoms with Crippen molar-refractivity contribution >= 4 is 34.1 Å². The van der Waals surface area contributed by atoms with E-state index in [9.17, 15) is 9.59 Å². The fraction of sp³-hybridized carbons (Fsp3) is 0.500. The van der Waals surface area contributed by atoms with Gasteiger partial charge in [-0.05, 0) is 23.9 Å². The number of anilines is 2. The smallest absolute Gasteiger partial charge is 0.322 e. The van der Waals surface area contributed by atoms with Gasteiger partial charge in [0.05, 0.1) is 10.7 Å². The Labute approximate surface area is 162 Å². The maximum absolute atomic E-state index is 12.4. The highest BCUT2D eigenvalue weighted by Crippen LogP contribution is 2.26. The standard InChI is InChI=1S/C18H26N6O2S/c1-5-11-9-14(25)21-16(19-11)24-13(10-12(23-24)18(2,3)4)20-17(26)22-15-7-6-8-27-15/h6-8,10-11,16,19H,5,9H2,1-4H3,(H,21,25)(H2,20,22,26). The van der Waals surface area contributed by atoms with E-state index in [0.29, 0.717) is 12.2 Å². The first-order valence-electron chi connectivity index (χ1n) is 9.03. The van der Waals surface area contributed by atoms with Crippen molar-refractivity contribution in [3.63, 3.8) is 0 Å². The van der Waals surface area contributed by atoms with Crippen LogP contribution in [0, 0.1) is 0 Å². The molecule has 0 spiro atoms. The largest absolute Gasteiger partial charge is 0.325 e. The summed E-state index contributed by atoms with van der Waals surface area (Å²) in [7, 11) is 0. The summed E-state index contributed by atoms with van der Waals surface area (Å²) >= 11 is 1.44. The van der Waals surface area contributed by atoms with Crippen molar-refractivity contribution in [1.82, 2.24) is 20.4 Å². The minimum absolute atomic E-state index is 0.0348. The number of carbonyl (C=O) groups excluding carboxylic acids is 2. The van der Waals surface area contributed by atoms with Crippen LogP contribution < -0.4 is 21.3 Å². The van der Waals surface area contributed by atoms with Gasteiger partial charge in [0.15, 0.2) is 6.29 Å². The van der Waals surface area contributed by atoms with E-state index in [-0.39, 0.29) is 23.4 Å². The quantitative estimate of drug-likeness (QED) is 0.644. The van der Waals surface area contributed by atoms with Crippen molar-refractivity contribution in [2.75, 3.05) is 10.6 Å². The Hall–Kier alpha value is -2.39. The molecule has 3 rings (SSSR count). The van der Waals surface area contributed by atoms with Gasteiger partial charge >= 0.3 is 6.03 Å². The van der Waals surface area contributed by atoms with Gasteiger partial charge in [0.25, 0.3) is 0 Å². The van der Waals surface area contributed by atoms with Crippen molar-refractivity contribution in [3.05, 3.63) is 29.3 Å². The van der Waals surface area contributed by atoms with Gasteiger partial charge in [-0.1, -0.05) is 27.7 Å². The lowest BCUT2D eigenvalue weighted by atomic mass is 9.92. The van der Waals surface area contributed by atoms with E-state index < -0.39 is 6.29 Å². The number of carbonyl (C=O) groups is 2. The molecule has 2 atom stereocenters. The molecule has 1 saturated heterocycles. The molecule has 2 aromatic rings. The van der Waals surface area contributed by atoms with Gasteiger partial charge in [0, 0.05) is 23.9 Å². The summed E-state index contributed by atoms with van der Waals surface area (Å²) in [5.74, 6) is 0.482. The second-order valence-electron chi connectivity index (χ2n) is 7.61. The zero-order valence-corrected chi connectivity index (χ0v) is 16.8. The number of hydrogen-bond donors (Lipinski definition) is 4. The second kappa shape index (κ2) is 7.69. The summed E-state index contributed by atoms with van der Waals surface area (Å²) < 4.78 is 1.63. The average molecular weight is 391 g/mol. The lowest BCUT2D eigenvalue weighted by Crippen LogP contribution is -2.53. The zero-order valence-electron chi connectivity index (χ0n) is 16.0. The van der Waals surface area contributed by atoms with E-state index in [1.54, 1.807) is 4.68 Å². The summed E-state index contributed by atoms with van der Waals surface area (Å²) in [4.78, 5) is 24.5. The van der Waals surface area contributed by atoms with Crippen LogP contribution in [-0.4, -0.2) is 27.8 Å². The normalized spacial score (nSPS) is 20.2. The molecule has 1 fully saturated rings. The Morgan fingerprint density at radius 3 is 2.81 bits per heavy atom. The van der Waals surface area contributed by atoms with Crippen LogP contribution in [0.2, 0.25) is 0 Å². The third kappa shape index (κ3) is 4.67. The molecule has 4 N–H and O–H groups in total. The maximum atomic E-state index is 12.4. The van der Waals surface area contributed by atoms with Gasteiger partial charge in [0.1, 0.15) is 5.82 Å². The second-order valence-corrected chi connectivity index (χ2v) is 8.56. The Morgan fingerprint density at radius 2 is 2.19 bits per heavy atom. The van der Waals surface area contributed by atoms with Crippen LogP contribution in [0.4, 0.5) is 15.6 Å².